The Morgan fingerprint density at radius 1 is 0.627 bits per heavy atom. The Balaban J connectivity index is 0.000000199. The van der Waals surface area contributed by atoms with Crippen molar-refractivity contribution in [2.45, 2.75) is 70.9 Å². The molecule has 0 aromatic heterocycles. The number of anilines is 2. The molecule has 4 heterocycles. The van der Waals surface area contributed by atoms with Crippen molar-refractivity contribution in [2.75, 3.05) is 72.0 Å². The normalized spacial score (nSPS) is 17.9. The Bertz CT molecular complexity index is 2530. The van der Waals surface area contributed by atoms with Gasteiger partial charge in [-0.05, 0) is 98.2 Å². The fourth-order valence-electron chi connectivity index (χ4n) is 8.81. The Morgan fingerprint density at radius 2 is 1.06 bits per heavy atom. The second kappa shape index (κ2) is 21.3. The molecular formula is C50H60N8O9. The quantitative estimate of drug-likeness (QED) is 0.165. The molecule has 0 saturated carbocycles. The number of amides is 6. The van der Waals surface area contributed by atoms with Gasteiger partial charge in [0.15, 0.2) is 23.0 Å². The van der Waals surface area contributed by atoms with Crippen LogP contribution >= 0.6 is 0 Å². The number of nitrogens with zero attached hydrogens (tertiary/aromatic N) is 6. The fraction of sp³-hybridized carbons (Fsp3) is 0.400. The highest BCUT2D eigenvalue weighted by Crippen LogP contribution is 2.37. The average Bonchev–Trinajstić information content (AvgIpc) is 3.64. The molecule has 2 atom stereocenters. The van der Waals surface area contributed by atoms with Gasteiger partial charge in [-0.25, -0.2) is 24.4 Å². The number of hydrogen-bond donors (Lipinski definition) is 2. The number of carbonyl (C=O) groups excluding carboxylic acids is 4. The molecule has 4 aromatic rings. The molecule has 0 spiro atoms. The third-order valence-corrected chi connectivity index (χ3v) is 12.5. The lowest BCUT2D eigenvalue weighted by Gasteiger charge is -2.27. The molecule has 0 aliphatic carbocycles. The number of hydrogen-bond acceptors (Lipinski definition) is 11. The molecular weight excluding hydrogens is 857 g/mol. The Kier molecular flexibility index (Phi) is 15.2. The monoisotopic (exact) mass is 916 g/mol. The van der Waals surface area contributed by atoms with Gasteiger partial charge in [-0.15, -0.1) is 0 Å². The number of benzene rings is 4. The van der Waals surface area contributed by atoms with Crippen LogP contribution in [-0.2, 0) is 22.4 Å². The van der Waals surface area contributed by atoms with E-state index in [4.69, 9.17) is 33.9 Å². The van der Waals surface area contributed by atoms with Crippen LogP contribution in [0.4, 0.5) is 25.8 Å². The standard InChI is InChI=1S/C26H32N4O4.C24H28N4O5/c1-5-19-14-18-15-22(33-3)23(34-4)16-21(18)25(28-30(19)26(32)27-2)17-9-11-20(12-10-17)29-13-7-6-8-24(29)31;1-5-17-12-16-13-20(31-3)21(32-4)14-19(16)22(26-28(17)23(29)25-2)15-6-8-18(9-7-15)27-10-11-33-24(27)30/h9-12,15-16,19H,5-8,13-14H2,1-4H3,(H,27,32);6-9,13-14,17H,5,10-12H2,1-4H3,(H,25,29). The van der Waals surface area contributed by atoms with Crippen LogP contribution in [0.2, 0.25) is 0 Å². The molecule has 4 aliphatic heterocycles. The van der Waals surface area contributed by atoms with Crippen LogP contribution in [0.25, 0.3) is 0 Å². The maximum Gasteiger partial charge on any atom is 0.414 e. The molecule has 6 amide bonds. The first-order valence-corrected chi connectivity index (χ1v) is 22.7. The van der Waals surface area contributed by atoms with Gasteiger partial charge in [-0.3, -0.25) is 9.69 Å². The molecule has 4 aliphatic rings. The summed E-state index contributed by atoms with van der Waals surface area (Å²) in [5.74, 6) is 2.61. The molecule has 354 valence electrons. The minimum absolute atomic E-state index is 0.112. The molecule has 4 aromatic carbocycles. The molecule has 17 heteroatoms. The Hall–Kier alpha value is -7.30. The lowest BCUT2D eigenvalue weighted by Crippen LogP contribution is -2.42. The van der Waals surface area contributed by atoms with E-state index in [9.17, 15) is 19.2 Å². The summed E-state index contributed by atoms with van der Waals surface area (Å²) in [5.41, 5.74) is 8.41. The maximum absolute atomic E-state index is 12.8. The van der Waals surface area contributed by atoms with Gasteiger partial charge in [0, 0.05) is 60.7 Å². The second-order valence-electron chi connectivity index (χ2n) is 16.3. The van der Waals surface area contributed by atoms with Crippen LogP contribution < -0.4 is 39.4 Å². The van der Waals surface area contributed by atoms with E-state index in [2.05, 4.69) is 10.6 Å². The molecule has 0 radical (unpaired) electrons. The van der Waals surface area contributed by atoms with Crippen LogP contribution in [0.1, 0.15) is 79.3 Å². The van der Waals surface area contributed by atoms with Gasteiger partial charge < -0.3 is 39.2 Å². The zero-order chi connectivity index (χ0) is 47.8. The van der Waals surface area contributed by atoms with Crippen LogP contribution in [-0.4, -0.2) is 120 Å². The number of nitrogens with one attached hydrogen (secondary N) is 2. The number of methoxy groups -OCH3 is 4. The van der Waals surface area contributed by atoms with E-state index in [1.807, 2.05) is 91.5 Å². The number of cyclic esters (lactones) is 1. The van der Waals surface area contributed by atoms with Gasteiger partial charge in [-0.1, -0.05) is 38.1 Å². The summed E-state index contributed by atoms with van der Waals surface area (Å²) in [4.78, 5) is 53.2. The molecule has 17 nitrogen and oxygen atoms in total. The summed E-state index contributed by atoms with van der Waals surface area (Å²) in [6.45, 7) is 5.71. The van der Waals surface area contributed by atoms with Crippen molar-refractivity contribution >= 4 is 46.9 Å². The van der Waals surface area contributed by atoms with Gasteiger partial charge in [-0.2, -0.15) is 10.2 Å². The van der Waals surface area contributed by atoms with Crippen molar-refractivity contribution in [2.24, 2.45) is 10.2 Å². The number of fused-ring (bicyclic) bond motifs is 2. The first kappa shape index (κ1) is 47.7. The lowest BCUT2D eigenvalue weighted by molar-refractivity contribution is -0.119. The van der Waals surface area contributed by atoms with Crippen LogP contribution in [0.3, 0.4) is 0 Å². The van der Waals surface area contributed by atoms with Crippen LogP contribution in [0.15, 0.2) is 83.0 Å². The summed E-state index contributed by atoms with van der Waals surface area (Å²) in [6, 6.07) is 22.3. The van der Waals surface area contributed by atoms with Crippen LogP contribution in [0, 0.1) is 0 Å². The summed E-state index contributed by atoms with van der Waals surface area (Å²) >= 11 is 0. The number of hydrazone groups is 2. The first-order chi connectivity index (χ1) is 32.5. The minimum Gasteiger partial charge on any atom is -0.493 e. The smallest absolute Gasteiger partial charge is 0.414 e. The van der Waals surface area contributed by atoms with Crippen molar-refractivity contribution in [1.82, 2.24) is 20.7 Å². The molecule has 0 bridgehead atoms. The largest absolute Gasteiger partial charge is 0.493 e. The van der Waals surface area contributed by atoms with Crippen LogP contribution in [0.5, 0.6) is 23.0 Å². The van der Waals surface area contributed by atoms with Crippen molar-refractivity contribution in [3.8, 4) is 23.0 Å². The lowest BCUT2D eigenvalue weighted by atomic mass is 9.93. The average molecular weight is 917 g/mol. The van der Waals surface area contributed by atoms with E-state index in [0.717, 1.165) is 77.0 Å². The predicted octanol–water partition coefficient (Wildman–Crippen LogP) is 7.34. The highest BCUT2D eigenvalue weighted by Gasteiger charge is 2.32. The third-order valence-electron chi connectivity index (χ3n) is 12.5. The molecule has 2 saturated heterocycles. The van der Waals surface area contributed by atoms with E-state index in [1.54, 1.807) is 47.4 Å². The zero-order valence-corrected chi connectivity index (χ0v) is 39.5. The molecule has 2 unspecified atom stereocenters. The summed E-state index contributed by atoms with van der Waals surface area (Å²) in [6.07, 6.45) is 4.91. The van der Waals surface area contributed by atoms with Crippen molar-refractivity contribution in [3.63, 3.8) is 0 Å². The fourth-order valence-corrected chi connectivity index (χ4v) is 8.81. The number of rotatable bonds is 10. The molecule has 8 rings (SSSR count). The summed E-state index contributed by atoms with van der Waals surface area (Å²) in [5, 5.41) is 18.1. The zero-order valence-electron chi connectivity index (χ0n) is 39.5. The minimum atomic E-state index is -0.353. The van der Waals surface area contributed by atoms with E-state index in [1.165, 1.54) is 10.0 Å². The van der Waals surface area contributed by atoms with Gasteiger partial charge in [0.05, 0.1) is 58.5 Å². The number of piperidine rings is 1. The van der Waals surface area contributed by atoms with E-state index in [-0.39, 0.29) is 36.1 Å². The SMILES string of the molecule is CCC1Cc2cc(OC)c(OC)cc2C(c2ccc(N3CCCCC3=O)cc2)=NN1C(=O)NC.CCC1Cc2cc(OC)c(OC)cc2C(c2ccc(N3CCOC3=O)cc2)=NN1C(=O)NC. The Labute approximate surface area is 391 Å². The topological polar surface area (TPSA) is 176 Å². The predicted molar refractivity (Wildman–Crippen MR) is 256 cm³/mol. The molecule has 67 heavy (non-hydrogen) atoms. The summed E-state index contributed by atoms with van der Waals surface area (Å²) in [7, 11) is 9.62. The highest BCUT2D eigenvalue weighted by atomic mass is 16.6. The number of urea groups is 2. The van der Waals surface area contributed by atoms with Crippen molar-refractivity contribution < 1.29 is 42.9 Å². The van der Waals surface area contributed by atoms with Gasteiger partial charge in [0.1, 0.15) is 6.61 Å². The van der Waals surface area contributed by atoms with Crippen molar-refractivity contribution in [3.05, 3.63) is 106 Å². The second-order valence-corrected chi connectivity index (χ2v) is 16.3. The highest BCUT2D eigenvalue weighted by molar-refractivity contribution is 6.15. The van der Waals surface area contributed by atoms with Crippen molar-refractivity contribution in [1.29, 1.82) is 0 Å². The number of ether oxygens (including phenoxy) is 5. The van der Waals surface area contributed by atoms with E-state index < -0.39 is 0 Å². The Morgan fingerprint density at radius 3 is 1.43 bits per heavy atom. The summed E-state index contributed by atoms with van der Waals surface area (Å²) < 4.78 is 27.2. The number of carbonyl (C=O) groups is 4. The van der Waals surface area contributed by atoms with Gasteiger partial charge in [0.2, 0.25) is 5.91 Å². The first-order valence-electron chi connectivity index (χ1n) is 22.7. The van der Waals surface area contributed by atoms with E-state index in [0.29, 0.717) is 66.8 Å². The molecule has 2 N–H and O–H groups in total. The third kappa shape index (κ3) is 9.95. The maximum atomic E-state index is 12.8. The van der Waals surface area contributed by atoms with E-state index >= 15 is 0 Å². The molecule has 2 fully saturated rings. The van der Waals surface area contributed by atoms with Gasteiger partial charge >= 0.3 is 18.2 Å². The van der Waals surface area contributed by atoms with Gasteiger partial charge in [0.25, 0.3) is 0 Å².